The molecule has 0 saturated heterocycles. The first-order valence-electron chi connectivity index (χ1n) is 8.20. The van der Waals surface area contributed by atoms with Gasteiger partial charge in [-0.3, -0.25) is 4.99 Å². The molecule has 2 rings (SSSR count). The summed E-state index contributed by atoms with van der Waals surface area (Å²) in [5.74, 6) is 0.448. The van der Waals surface area contributed by atoms with E-state index in [4.69, 9.17) is 4.74 Å². The number of aromatic nitrogens is 1. The van der Waals surface area contributed by atoms with Crippen molar-refractivity contribution in [3.05, 3.63) is 46.2 Å². The Balaban J connectivity index is 0.00000392. The lowest BCUT2D eigenvalue weighted by Crippen LogP contribution is -2.42. The SMILES string of the molecule is CCC(CNC(=NC)NCc1nc(C(F)(F)F)cs1)Oc1cccc(F)c1.I. The molecule has 1 aromatic heterocycles. The van der Waals surface area contributed by atoms with Crippen LogP contribution in [0.5, 0.6) is 5.75 Å². The number of aliphatic imine (C=N–C) groups is 1. The monoisotopic (exact) mass is 532 g/mol. The maximum Gasteiger partial charge on any atom is 0.434 e. The van der Waals surface area contributed by atoms with Gasteiger partial charge in [-0.2, -0.15) is 13.2 Å². The summed E-state index contributed by atoms with van der Waals surface area (Å²) in [6, 6.07) is 5.87. The lowest BCUT2D eigenvalue weighted by Gasteiger charge is -2.19. The predicted molar refractivity (Wildman–Crippen MR) is 112 cm³/mol. The van der Waals surface area contributed by atoms with E-state index in [0.29, 0.717) is 29.7 Å². The minimum absolute atomic E-state index is 0. The number of ether oxygens (including phenoxy) is 1. The minimum atomic E-state index is -4.45. The van der Waals surface area contributed by atoms with E-state index in [-0.39, 0.29) is 42.4 Å². The molecule has 0 spiro atoms. The third-order valence-corrected chi connectivity index (χ3v) is 4.37. The fourth-order valence-corrected chi connectivity index (χ4v) is 2.86. The van der Waals surface area contributed by atoms with Crippen molar-refractivity contribution in [3.8, 4) is 5.75 Å². The van der Waals surface area contributed by atoms with Crippen LogP contribution in [-0.2, 0) is 12.7 Å². The fourth-order valence-electron chi connectivity index (χ4n) is 2.11. The Labute approximate surface area is 181 Å². The van der Waals surface area contributed by atoms with Crippen molar-refractivity contribution >= 4 is 41.3 Å². The van der Waals surface area contributed by atoms with Gasteiger partial charge in [0.1, 0.15) is 22.7 Å². The molecule has 1 aromatic carbocycles. The van der Waals surface area contributed by atoms with Crippen LogP contribution in [0.25, 0.3) is 0 Å². The summed E-state index contributed by atoms with van der Waals surface area (Å²) >= 11 is 0.924. The second-order valence-corrected chi connectivity index (χ2v) is 6.48. The van der Waals surface area contributed by atoms with Gasteiger partial charge in [-0.1, -0.05) is 13.0 Å². The maximum absolute atomic E-state index is 13.2. The van der Waals surface area contributed by atoms with E-state index in [1.807, 2.05) is 6.92 Å². The summed E-state index contributed by atoms with van der Waals surface area (Å²) in [6.07, 6.45) is -4.01. The average Bonchev–Trinajstić information content (AvgIpc) is 3.10. The molecular formula is C17H21F4IN4OS. The third-order valence-electron chi connectivity index (χ3n) is 3.52. The molecule has 11 heteroatoms. The van der Waals surface area contributed by atoms with Crippen LogP contribution >= 0.6 is 35.3 Å². The van der Waals surface area contributed by atoms with Crippen LogP contribution < -0.4 is 15.4 Å². The molecule has 0 amide bonds. The smallest absolute Gasteiger partial charge is 0.434 e. The van der Waals surface area contributed by atoms with Crippen molar-refractivity contribution in [3.63, 3.8) is 0 Å². The molecule has 0 aliphatic rings. The van der Waals surface area contributed by atoms with Gasteiger partial charge in [0.15, 0.2) is 11.7 Å². The first kappa shape index (κ1) is 24.4. The molecule has 0 bridgehead atoms. The Kier molecular flexibility index (Phi) is 9.93. The van der Waals surface area contributed by atoms with Crippen molar-refractivity contribution in [2.75, 3.05) is 13.6 Å². The zero-order chi connectivity index (χ0) is 19.9. The van der Waals surface area contributed by atoms with Crippen LogP contribution in [0.2, 0.25) is 0 Å². The molecule has 1 heterocycles. The van der Waals surface area contributed by atoms with Crippen LogP contribution in [0.15, 0.2) is 34.6 Å². The van der Waals surface area contributed by atoms with Gasteiger partial charge >= 0.3 is 6.18 Å². The van der Waals surface area contributed by atoms with E-state index in [9.17, 15) is 17.6 Å². The van der Waals surface area contributed by atoms with Gasteiger partial charge in [0.2, 0.25) is 0 Å². The summed E-state index contributed by atoms with van der Waals surface area (Å²) in [5.41, 5.74) is -0.901. The Morgan fingerprint density at radius 1 is 1.32 bits per heavy atom. The summed E-state index contributed by atoms with van der Waals surface area (Å²) in [6.45, 7) is 2.43. The Morgan fingerprint density at radius 3 is 2.64 bits per heavy atom. The number of nitrogens with one attached hydrogen (secondary N) is 2. The molecule has 0 radical (unpaired) electrons. The highest BCUT2D eigenvalue weighted by atomic mass is 127. The van der Waals surface area contributed by atoms with Gasteiger partial charge in [-0.15, -0.1) is 35.3 Å². The molecule has 28 heavy (non-hydrogen) atoms. The Hall–Kier alpha value is -1.63. The van der Waals surface area contributed by atoms with Crippen molar-refractivity contribution in [1.82, 2.24) is 15.6 Å². The van der Waals surface area contributed by atoms with Gasteiger partial charge in [0.05, 0.1) is 13.1 Å². The minimum Gasteiger partial charge on any atom is -0.489 e. The van der Waals surface area contributed by atoms with E-state index >= 15 is 0 Å². The number of nitrogens with zero attached hydrogens (tertiary/aromatic N) is 2. The lowest BCUT2D eigenvalue weighted by atomic mass is 10.2. The molecule has 2 N–H and O–H groups in total. The number of alkyl halides is 3. The van der Waals surface area contributed by atoms with Crippen molar-refractivity contribution in [1.29, 1.82) is 0 Å². The summed E-state index contributed by atoms with van der Waals surface area (Å²) < 4.78 is 56.7. The number of hydrogen-bond donors (Lipinski definition) is 2. The topological polar surface area (TPSA) is 58.5 Å². The van der Waals surface area contributed by atoms with Crippen LogP contribution in [0.3, 0.4) is 0 Å². The molecule has 5 nitrogen and oxygen atoms in total. The van der Waals surface area contributed by atoms with Crippen LogP contribution in [0.4, 0.5) is 17.6 Å². The summed E-state index contributed by atoms with van der Waals surface area (Å²) in [5, 5.41) is 7.22. The van der Waals surface area contributed by atoms with Crippen molar-refractivity contribution in [2.24, 2.45) is 4.99 Å². The van der Waals surface area contributed by atoms with E-state index in [2.05, 4.69) is 20.6 Å². The molecule has 0 fully saturated rings. The van der Waals surface area contributed by atoms with E-state index in [1.165, 1.54) is 12.1 Å². The molecule has 1 unspecified atom stereocenters. The van der Waals surface area contributed by atoms with E-state index in [0.717, 1.165) is 16.7 Å². The molecule has 0 saturated carbocycles. The summed E-state index contributed by atoms with van der Waals surface area (Å²) in [4.78, 5) is 7.57. The standard InChI is InChI=1S/C17H20F4N4OS.HI/c1-3-12(26-13-6-4-5-11(18)7-13)8-23-16(22-2)24-9-15-25-14(10-27-15)17(19,20)21;/h4-7,10,12H,3,8-9H2,1-2H3,(H2,22,23,24);1H. The largest absolute Gasteiger partial charge is 0.489 e. The van der Waals surface area contributed by atoms with Crippen molar-refractivity contribution in [2.45, 2.75) is 32.2 Å². The number of halogens is 5. The fraction of sp³-hybridized carbons (Fsp3) is 0.412. The zero-order valence-corrected chi connectivity index (χ0v) is 18.4. The highest BCUT2D eigenvalue weighted by Crippen LogP contribution is 2.29. The number of guanidine groups is 1. The number of hydrogen-bond acceptors (Lipinski definition) is 4. The first-order valence-corrected chi connectivity index (χ1v) is 9.08. The second kappa shape index (κ2) is 11.4. The molecule has 1 atom stereocenters. The lowest BCUT2D eigenvalue weighted by molar-refractivity contribution is -0.140. The van der Waals surface area contributed by atoms with Gasteiger partial charge in [0.25, 0.3) is 0 Å². The Bertz CT molecular complexity index is 770. The molecular weight excluding hydrogens is 511 g/mol. The van der Waals surface area contributed by atoms with E-state index < -0.39 is 11.9 Å². The number of rotatable bonds is 7. The normalized spacial score (nSPS) is 12.9. The molecule has 2 aromatic rings. The molecule has 0 aliphatic carbocycles. The molecule has 156 valence electrons. The molecule has 0 aliphatic heterocycles. The Morgan fingerprint density at radius 2 is 2.07 bits per heavy atom. The van der Waals surface area contributed by atoms with Gasteiger partial charge in [-0.25, -0.2) is 9.37 Å². The highest BCUT2D eigenvalue weighted by Gasteiger charge is 2.33. The number of benzene rings is 1. The maximum atomic E-state index is 13.2. The predicted octanol–water partition coefficient (Wildman–Crippen LogP) is 4.44. The quantitative estimate of drug-likeness (QED) is 0.240. The van der Waals surface area contributed by atoms with Gasteiger partial charge in [-0.05, 0) is 18.6 Å². The summed E-state index contributed by atoms with van der Waals surface area (Å²) in [7, 11) is 1.55. The number of thiazole rings is 1. The van der Waals surface area contributed by atoms with Crippen LogP contribution in [-0.4, -0.2) is 30.6 Å². The van der Waals surface area contributed by atoms with Gasteiger partial charge < -0.3 is 15.4 Å². The second-order valence-electron chi connectivity index (χ2n) is 5.54. The van der Waals surface area contributed by atoms with Gasteiger partial charge in [0, 0.05) is 18.5 Å². The van der Waals surface area contributed by atoms with E-state index in [1.54, 1.807) is 19.2 Å². The first-order chi connectivity index (χ1) is 12.8. The highest BCUT2D eigenvalue weighted by molar-refractivity contribution is 14.0. The third kappa shape index (κ3) is 7.78. The zero-order valence-electron chi connectivity index (χ0n) is 15.2. The van der Waals surface area contributed by atoms with Crippen LogP contribution in [0, 0.1) is 5.82 Å². The van der Waals surface area contributed by atoms with Crippen molar-refractivity contribution < 1.29 is 22.3 Å². The van der Waals surface area contributed by atoms with Crippen LogP contribution in [0.1, 0.15) is 24.0 Å². The average molecular weight is 532 g/mol.